The summed E-state index contributed by atoms with van der Waals surface area (Å²) in [6, 6.07) is 0. The highest BCUT2D eigenvalue weighted by Gasteiger charge is 3.05. The first kappa shape index (κ1) is 17.3. The Morgan fingerprint density at radius 2 is 2.04 bits per heavy atom. The molecule has 0 aromatic carbocycles. The molecular formula is C21H30O4. The van der Waals surface area contributed by atoms with Crippen molar-refractivity contribution in [1.82, 2.24) is 0 Å². The van der Waals surface area contributed by atoms with Crippen molar-refractivity contribution in [1.29, 1.82) is 0 Å². The molecule has 5 fully saturated rings. The number of hydrogen-bond acceptors (Lipinski definition) is 4. The van der Waals surface area contributed by atoms with Crippen LogP contribution in [0.25, 0.3) is 0 Å². The van der Waals surface area contributed by atoms with Gasteiger partial charge in [-0.1, -0.05) is 33.3 Å². The number of unbranched alkanes of at least 4 members (excludes halogenated alkanes) is 1. The molecule has 0 aromatic rings. The standard InChI is InChI=1S/C21H30O4/c1-6-8-12-25-20-13-17(3,4)19(9-7-2)15(22)14(20)21(20,16(23)24-5)18(19)10-11-18/h7,14H,2,6,8-13H2,1,3-5H3/t14-,19-,20+,21+/m1/s1. The third-order valence-corrected chi connectivity index (χ3v) is 8.16. The van der Waals surface area contributed by atoms with Crippen molar-refractivity contribution < 1.29 is 19.1 Å². The highest BCUT2D eigenvalue weighted by Crippen LogP contribution is 2.97. The van der Waals surface area contributed by atoms with Gasteiger partial charge in [-0.25, -0.2) is 0 Å². The molecule has 4 heteroatoms. The smallest absolute Gasteiger partial charge is 0.316 e. The zero-order chi connectivity index (χ0) is 18.3. The first-order valence-electron chi connectivity index (χ1n) is 9.67. The van der Waals surface area contributed by atoms with Gasteiger partial charge in [0.15, 0.2) is 0 Å². The second kappa shape index (κ2) is 4.76. The lowest BCUT2D eigenvalue weighted by molar-refractivity contribution is -0.194. The van der Waals surface area contributed by atoms with Crippen LogP contribution in [0.1, 0.15) is 59.3 Å². The third-order valence-electron chi connectivity index (χ3n) is 8.16. The van der Waals surface area contributed by atoms with Crippen molar-refractivity contribution in [3.8, 4) is 0 Å². The fourth-order valence-corrected chi connectivity index (χ4v) is 7.48. The molecule has 0 radical (unpaired) electrons. The van der Waals surface area contributed by atoms with Crippen LogP contribution in [0, 0.1) is 27.6 Å². The van der Waals surface area contributed by atoms with Crippen LogP contribution < -0.4 is 0 Å². The second-order valence-electron chi connectivity index (χ2n) is 9.23. The number of carbonyl (C=O) groups is 2. The van der Waals surface area contributed by atoms with Crippen molar-refractivity contribution in [2.24, 2.45) is 27.6 Å². The molecule has 5 aliphatic carbocycles. The van der Waals surface area contributed by atoms with E-state index in [4.69, 9.17) is 9.47 Å². The monoisotopic (exact) mass is 346 g/mol. The topological polar surface area (TPSA) is 52.6 Å². The van der Waals surface area contributed by atoms with E-state index in [1.54, 1.807) is 0 Å². The Hall–Kier alpha value is -1.16. The Balaban J connectivity index is 1.88. The second-order valence-corrected chi connectivity index (χ2v) is 9.23. The van der Waals surface area contributed by atoms with Gasteiger partial charge in [0.05, 0.1) is 18.6 Å². The number of hydrogen-bond donors (Lipinski definition) is 0. The lowest BCUT2D eigenvalue weighted by atomic mass is 9.45. The molecule has 4 atom stereocenters. The van der Waals surface area contributed by atoms with Gasteiger partial charge in [-0.05, 0) is 37.5 Å². The maximum atomic E-state index is 13.7. The average Bonchev–Trinajstić information content (AvgIpc) is 3.42. The average molecular weight is 346 g/mol. The molecule has 0 aromatic heterocycles. The van der Waals surface area contributed by atoms with Gasteiger partial charge >= 0.3 is 5.97 Å². The number of ketones is 1. The lowest BCUT2D eigenvalue weighted by Crippen LogP contribution is -2.62. The number of allylic oxidation sites excluding steroid dienone is 1. The predicted molar refractivity (Wildman–Crippen MR) is 93.8 cm³/mol. The summed E-state index contributed by atoms with van der Waals surface area (Å²) >= 11 is 0. The van der Waals surface area contributed by atoms with Crippen LogP contribution in [0.5, 0.6) is 0 Å². The van der Waals surface area contributed by atoms with Crippen molar-refractivity contribution in [3.05, 3.63) is 12.7 Å². The van der Waals surface area contributed by atoms with E-state index in [0.717, 1.165) is 32.1 Å². The van der Waals surface area contributed by atoms with E-state index in [2.05, 4.69) is 27.4 Å². The molecule has 0 N–H and O–H groups in total. The summed E-state index contributed by atoms with van der Waals surface area (Å²) in [4.78, 5) is 26.8. The Morgan fingerprint density at radius 3 is 2.56 bits per heavy atom. The van der Waals surface area contributed by atoms with E-state index in [1.807, 2.05) is 6.08 Å². The van der Waals surface area contributed by atoms with Crippen LogP contribution >= 0.6 is 0 Å². The summed E-state index contributed by atoms with van der Waals surface area (Å²) in [6.45, 7) is 11.0. The van der Waals surface area contributed by atoms with Crippen LogP contribution in [-0.4, -0.2) is 31.1 Å². The van der Waals surface area contributed by atoms with Crippen molar-refractivity contribution in [2.75, 3.05) is 13.7 Å². The Morgan fingerprint density at radius 1 is 1.36 bits per heavy atom. The fourth-order valence-electron chi connectivity index (χ4n) is 7.48. The summed E-state index contributed by atoms with van der Waals surface area (Å²) in [6.07, 6.45) is 7.10. The Kier molecular flexibility index (Phi) is 3.29. The number of fused-ring (bicyclic) bond motifs is 1. The van der Waals surface area contributed by atoms with Crippen LogP contribution in [0.3, 0.4) is 0 Å². The molecule has 5 rings (SSSR count). The van der Waals surface area contributed by atoms with E-state index >= 15 is 0 Å². The van der Waals surface area contributed by atoms with E-state index in [0.29, 0.717) is 13.0 Å². The highest BCUT2D eigenvalue weighted by atomic mass is 16.5. The maximum absolute atomic E-state index is 13.7. The number of Topliss-reactive ketones (excluding diaryl/α,β-unsaturated/α-hetero) is 1. The first-order valence-corrected chi connectivity index (χ1v) is 9.67. The molecule has 5 aliphatic rings. The van der Waals surface area contributed by atoms with E-state index in [9.17, 15) is 9.59 Å². The number of methoxy groups -OCH3 is 1. The molecule has 4 nitrogen and oxygen atoms in total. The molecule has 0 heterocycles. The fraction of sp³-hybridized carbons (Fsp3) is 0.810. The molecule has 0 saturated heterocycles. The summed E-state index contributed by atoms with van der Waals surface area (Å²) in [5, 5.41) is 0. The molecule has 4 bridgehead atoms. The zero-order valence-electron chi connectivity index (χ0n) is 15.9. The molecule has 0 amide bonds. The lowest BCUT2D eigenvalue weighted by Gasteiger charge is -2.58. The van der Waals surface area contributed by atoms with Gasteiger partial charge in [-0.15, -0.1) is 6.58 Å². The van der Waals surface area contributed by atoms with Crippen LogP contribution in [0.15, 0.2) is 12.7 Å². The summed E-state index contributed by atoms with van der Waals surface area (Å²) in [7, 11) is 1.45. The van der Waals surface area contributed by atoms with Crippen molar-refractivity contribution >= 4 is 11.8 Å². The zero-order valence-corrected chi connectivity index (χ0v) is 15.9. The quantitative estimate of drug-likeness (QED) is 0.401. The van der Waals surface area contributed by atoms with Crippen LogP contribution in [0.2, 0.25) is 0 Å². The molecule has 25 heavy (non-hydrogen) atoms. The predicted octanol–water partition coefficient (Wildman–Crippen LogP) is 3.69. The largest absolute Gasteiger partial charge is 0.468 e. The van der Waals surface area contributed by atoms with Gasteiger partial charge in [-0.2, -0.15) is 0 Å². The third kappa shape index (κ3) is 1.41. The van der Waals surface area contributed by atoms with Gasteiger partial charge in [0.1, 0.15) is 11.2 Å². The summed E-state index contributed by atoms with van der Waals surface area (Å²) < 4.78 is 11.7. The Bertz CT molecular complexity index is 661. The minimum Gasteiger partial charge on any atom is -0.468 e. The van der Waals surface area contributed by atoms with E-state index in [1.165, 1.54) is 7.11 Å². The summed E-state index contributed by atoms with van der Waals surface area (Å²) in [5.41, 5.74) is -2.38. The molecule has 0 aliphatic heterocycles. The van der Waals surface area contributed by atoms with Gasteiger partial charge in [0, 0.05) is 17.4 Å². The van der Waals surface area contributed by atoms with Gasteiger partial charge in [-0.3, -0.25) is 9.59 Å². The van der Waals surface area contributed by atoms with Crippen molar-refractivity contribution in [3.63, 3.8) is 0 Å². The van der Waals surface area contributed by atoms with Crippen molar-refractivity contribution in [2.45, 2.75) is 64.9 Å². The van der Waals surface area contributed by atoms with E-state index < -0.39 is 16.4 Å². The van der Waals surface area contributed by atoms with Gasteiger partial charge in [0.25, 0.3) is 0 Å². The maximum Gasteiger partial charge on any atom is 0.316 e. The molecular weight excluding hydrogens is 316 g/mol. The van der Waals surface area contributed by atoms with Crippen LogP contribution in [0.4, 0.5) is 0 Å². The van der Waals surface area contributed by atoms with E-state index in [-0.39, 0.29) is 28.5 Å². The number of esters is 1. The van der Waals surface area contributed by atoms with Crippen LogP contribution in [-0.2, 0) is 19.1 Å². The number of rotatable bonds is 7. The minimum atomic E-state index is -0.752. The number of carbonyl (C=O) groups excluding carboxylic acids is 2. The normalized spacial score (nSPS) is 43.8. The first-order chi connectivity index (χ1) is 11.8. The number of ether oxygens (including phenoxy) is 2. The molecule has 5 saturated carbocycles. The molecule has 138 valence electrons. The van der Waals surface area contributed by atoms with Gasteiger partial charge in [0.2, 0.25) is 0 Å². The van der Waals surface area contributed by atoms with Gasteiger partial charge < -0.3 is 9.47 Å². The summed E-state index contributed by atoms with van der Waals surface area (Å²) in [5.74, 6) is -0.302. The molecule has 0 unspecified atom stereocenters. The molecule has 1 spiro atoms. The SMILES string of the molecule is C=CC[C@@]12C(=O)[C@@H]3[C@@](OCCCC)(CC1(C)C)[C@@]3(C(=O)OC)C21CC1. The minimum absolute atomic E-state index is 0.203. The Labute approximate surface area is 150 Å². The highest BCUT2D eigenvalue weighted by molar-refractivity contribution is 6.09.